The van der Waals surface area contributed by atoms with Crippen LogP contribution in [0.15, 0.2) is 24.3 Å². The summed E-state index contributed by atoms with van der Waals surface area (Å²) in [5, 5.41) is 2.99. The van der Waals surface area contributed by atoms with Crippen LogP contribution in [0.3, 0.4) is 0 Å². The first kappa shape index (κ1) is 16.0. The van der Waals surface area contributed by atoms with Crippen LogP contribution in [-0.4, -0.2) is 18.3 Å². The van der Waals surface area contributed by atoms with Crippen LogP contribution in [0.2, 0.25) is 0 Å². The maximum absolute atomic E-state index is 12.2. The molecule has 2 nitrogen and oxygen atoms in total. The lowest BCUT2D eigenvalue weighted by atomic mass is 9.83. The number of hydrogen-bond donors (Lipinski definition) is 1. The molecule has 19 heavy (non-hydrogen) atoms. The topological polar surface area (TPSA) is 29.1 Å². The quantitative estimate of drug-likeness (QED) is 0.617. The van der Waals surface area contributed by atoms with Crippen molar-refractivity contribution in [2.75, 3.05) is 12.4 Å². The predicted molar refractivity (Wildman–Crippen MR) is 82.0 cm³/mol. The molecule has 1 N–H and O–H groups in total. The third-order valence-corrected chi connectivity index (χ3v) is 3.34. The van der Waals surface area contributed by atoms with Crippen LogP contribution in [0.4, 0.5) is 0 Å². The summed E-state index contributed by atoms with van der Waals surface area (Å²) < 4.78 is 0. The zero-order valence-electron chi connectivity index (χ0n) is 12.1. The normalized spacial score (nSPS) is 11.4. The van der Waals surface area contributed by atoms with E-state index in [0.29, 0.717) is 12.4 Å². The zero-order chi connectivity index (χ0) is 14.3. The molecule has 106 valence electrons. The van der Waals surface area contributed by atoms with Gasteiger partial charge in [0.1, 0.15) is 0 Å². The summed E-state index contributed by atoms with van der Waals surface area (Å²) >= 11 is 5.62. The molecule has 0 radical (unpaired) electrons. The minimum absolute atomic E-state index is 0.0213. The number of carbonyl (C=O) groups excluding carboxylic acids is 1. The second-order valence-corrected chi connectivity index (χ2v) is 6.18. The van der Waals surface area contributed by atoms with Gasteiger partial charge in [-0.05, 0) is 29.9 Å². The maximum Gasteiger partial charge on any atom is 0.251 e. The second kappa shape index (κ2) is 7.54. The molecule has 0 unspecified atom stereocenters. The molecule has 0 fully saturated rings. The van der Waals surface area contributed by atoms with Gasteiger partial charge in [0.25, 0.3) is 5.91 Å². The molecule has 0 atom stereocenters. The van der Waals surface area contributed by atoms with E-state index in [2.05, 4.69) is 26.1 Å². The van der Waals surface area contributed by atoms with Crippen LogP contribution in [-0.2, 0) is 5.41 Å². The molecule has 0 aromatic heterocycles. The number of rotatable bonds is 6. The molecular formula is C16H24ClNO. The number of alkyl halides is 1. The molecule has 0 aliphatic carbocycles. The van der Waals surface area contributed by atoms with Gasteiger partial charge in [-0.15, -0.1) is 11.6 Å². The van der Waals surface area contributed by atoms with Crippen LogP contribution in [0.5, 0.6) is 0 Å². The Hall–Kier alpha value is -1.02. The minimum Gasteiger partial charge on any atom is -0.352 e. The molecule has 0 saturated heterocycles. The van der Waals surface area contributed by atoms with Crippen LogP contribution in [0.25, 0.3) is 0 Å². The molecule has 0 spiro atoms. The SMILES string of the molecule is CC(C)(C)c1ccccc1C(=O)NCCCCCCl. The van der Waals surface area contributed by atoms with Crippen molar-refractivity contribution >= 4 is 17.5 Å². The third kappa shape index (κ3) is 5.23. The molecule has 0 aliphatic heterocycles. The van der Waals surface area contributed by atoms with Crippen molar-refractivity contribution in [2.24, 2.45) is 0 Å². The number of carbonyl (C=O) groups is 1. The fourth-order valence-electron chi connectivity index (χ4n) is 2.03. The standard InChI is InChI=1S/C16H24ClNO/c1-16(2,3)14-10-6-5-9-13(14)15(19)18-12-8-4-7-11-17/h5-6,9-10H,4,7-8,11-12H2,1-3H3,(H,18,19). The predicted octanol–water partition coefficient (Wildman–Crippen LogP) is 4.12. The molecular weight excluding hydrogens is 258 g/mol. The van der Waals surface area contributed by atoms with Gasteiger partial charge in [0.2, 0.25) is 0 Å². The number of benzene rings is 1. The van der Waals surface area contributed by atoms with E-state index in [0.717, 1.165) is 30.4 Å². The summed E-state index contributed by atoms with van der Waals surface area (Å²) in [6.45, 7) is 7.09. The Balaban J connectivity index is 2.62. The number of halogens is 1. The maximum atomic E-state index is 12.2. The van der Waals surface area contributed by atoms with Gasteiger partial charge in [-0.1, -0.05) is 45.4 Å². The van der Waals surface area contributed by atoms with Crippen molar-refractivity contribution in [1.29, 1.82) is 0 Å². The number of amides is 1. The van der Waals surface area contributed by atoms with Gasteiger partial charge >= 0.3 is 0 Å². The van der Waals surface area contributed by atoms with E-state index in [1.54, 1.807) is 0 Å². The van der Waals surface area contributed by atoms with Gasteiger partial charge in [-0.3, -0.25) is 4.79 Å². The first-order valence-corrected chi connectivity index (χ1v) is 7.44. The molecule has 0 bridgehead atoms. The summed E-state index contributed by atoms with van der Waals surface area (Å²) in [5.74, 6) is 0.720. The lowest BCUT2D eigenvalue weighted by Crippen LogP contribution is -2.28. The van der Waals surface area contributed by atoms with Crippen molar-refractivity contribution in [1.82, 2.24) is 5.32 Å². The number of nitrogens with one attached hydrogen (secondary N) is 1. The lowest BCUT2D eigenvalue weighted by Gasteiger charge is -2.22. The van der Waals surface area contributed by atoms with Gasteiger partial charge in [0.05, 0.1) is 0 Å². The van der Waals surface area contributed by atoms with Crippen molar-refractivity contribution in [3.05, 3.63) is 35.4 Å². The Morgan fingerprint density at radius 1 is 1.16 bits per heavy atom. The van der Waals surface area contributed by atoms with Crippen molar-refractivity contribution in [3.63, 3.8) is 0 Å². The largest absolute Gasteiger partial charge is 0.352 e. The number of unbranched alkanes of at least 4 members (excludes halogenated alkanes) is 2. The van der Waals surface area contributed by atoms with Gasteiger partial charge in [-0.2, -0.15) is 0 Å². The fourth-order valence-corrected chi connectivity index (χ4v) is 2.22. The first-order chi connectivity index (χ1) is 8.96. The molecule has 1 aromatic carbocycles. The molecule has 1 amide bonds. The Bertz CT molecular complexity index is 409. The molecule has 3 heteroatoms. The lowest BCUT2D eigenvalue weighted by molar-refractivity contribution is 0.0951. The molecule has 1 rings (SSSR count). The molecule has 0 heterocycles. The highest BCUT2D eigenvalue weighted by atomic mass is 35.5. The summed E-state index contributed by atoms with van der Waals surface area (Å²) in [4.78, 5) is 12.2. The fraction of sp³-hybridized carbons (Fsp3) is 0.562. The van der Waals surface area contributed by atoms with Crippen molar-refractivity contribution in [2.45, 2.75) is 45.4 Å². The van der Waals surface area contributed by atoms with Crippen LogP contribution >= 0.6 is 11.6 Å². The van der Waals surface area contributed by atoms with E-state index in [4.69, 9.17) is 11.6 Å². The highest BCUT2D eigenvalue weighted by Gasteiger charge is 2.20. The van der Waals surface area contributed by atoms with E-state index >= 15 is 0 Å². The van der Waals surface area contributed by atoms with Crippen LogP contribution in [0, 0.1) is 0 Å². The summed E-state index contributed by atoms with van der Waals surface area (Å²) in [6, 6.07) is 7.83. The highest BCUT2D eigenvalue weighted by Crippen LogP contribution is 2.25. The van der Waals surface area contributed by atoms with Gasteiger partial charge in [0, 0.05) is 18.0 Å². The highest BCUT2D eigenvalue weighted by molar-refractivity contribution is 6.17. The summed E-state index contributed by atoms with van der Waals surface area (Å²) in [6.07, 6.45) is 3.05. The van der Waals surface area contributed by atoms with E-state index in [9.17, 15) is 4.79 Å². The zero-order valence-corrected chi connectivity index (χ0v) is 12.9. The average molecular weight is 282 g/mol. The van der Waals surface area contributed by atoms with Crippen LogP contribution in [0.1, 0.15) is 56.0 Å². The van der Waals surface area contributed by atoms with E-state index < -0.39 is 0 Å². The van der Waals surface area contributed by atoms with E-state index in [1.165, 1.54) is 0 Å². The van der Waals surface area contributed by atoms with E-state index in [-0.39, 0.29) is 11.3 Å². The summed E-state index contributed by atoms with van der Waals surface area (Å²) in [7, 11) is 0. The van der Waals surface area contributed by atoms with E-state index in [1.807, 2.05) is 24.3 Å². The Labute approximate surface area is 121 Å². The summed E-state index contributed by atoms with van der Waals surface area (Å²) in [5.41, 5.74) is 1.85. The Kier molecular flexibility index (Phi) is 6.36. The number of hydrogen-bond acceptors (Lipinski definition) is 1. The third-order valence-electron chi connectivity index (χ3n) is 3.08. The first-order valence-electron chi connectivity index (χ1n) is 6.90. The molecule has 0 saturated carbocycles. The van der Waals surface area contributed by atoms with Crippen molar-refractivity contribution < 1.29 is 4.79 Å². The van der Waals surface area contributed by atoms with Crippen molar-refractivity contribution in [3.8, 4) is 0 Å². The van der Waals surface area contributed by atoms with Gasteiger partial charge in [-0.25, -0.2) is 0 Å². The Morgan fingerprint density at radius 2 is 1.84 bits per heavy atom. The minimum atomic E-state index is -0.0213. The second-order valence-electron chi connectivity index (χ2n) is 5.80. The average Bonchev–Trinajstić information content (AvgIpc) is 2.37. The monoisotopic (exact) mass is 281 g/mol. The smallest absolute Gasteiger partial charge is 0.251 e. The van der Waals surface area contributed by atoms with Gasteiger partial charge in [0.15, 0.2) is 0 Å². The Morgan fingerprint density at radius 3 is 2.47 bits per heavy atom. The molecule has 1 aromatic rings. The molecule has 0 aliphatic rings. The van der Waals surface area contributed by atoms with Crippen LogP contribution < -0.4 is 5.32 Å². The van der Waals surface area contributed by atoms with Gasteiger partial charge < -0.3 is 5.32 Å².